The summed E-state index contributed by atoms with van der Waals surface area (Å²) in [5.74, 6) is 1.35. The number of methoxy groups -OCH3 is 1. The van der Waals surface area contributed by atoms with Crippen LogP contribution in [0.25, 0.3) is 33.5 Å². The van der Waals surface area contributed by atoms with Crippen LogP contribution in [0, 0.1) is 0 Å². The monoisotopic (exact) mass is 445 g/mol. The number of benzene rings is 3. The van der Waals surface area contributed by atoms with Crippen LogP contribution in [0.15, 0.2) is 84.0 Å². The van der Waals surface area contributed by atoms with Gasteiger partial charge < -0.3 is 9.72 Å². The number of aromatic nitrogens is 4. The molecule has 0 aliphatic heterocycles. The second-order valence-electron chi connectivity index (χ2n) is 7.14. The number of sulfonamides is 1. The highest BCUT2D eigenvalue weighted by Crippen LogP contribution is 2.33. The van der Waals surface area contributed by atoms with Gasteiger partial charge in [-0.15, -0.1) is 0 Å². The summed E-state index contributed by atoms with van der Waals surface area (Å²) in [6, 6.07) is 19.2. The Morgan fingerprint density at radius 1 is 0.969 bits per heavy atom. The number of ether oxygens (including phenoxy) is 1. The zero-order valence-corrected chi connectivity index (χ0v) is 17.8. The number of anilines is 1. The van der Waals surface area contributed by atoms with Gasteiger partial charge in [-0.05, 0) is 42.5 Å². The third-order valence-electron chi connectivity index (χ3n) is 5.07. The quantitative estimate of drug-likeness (QED) is 0.358. The number of fused-ring (bicyclic) bond motifs is 1. The van der Waals surface area contributed by atoms with Gasteiger partial charge in [-0.1, -0.05) is 24.3 Å². The van der Waals surface area contributed by atoms with E-state index in [-0.39, 0.29) is 4.90 Å². The fraction of sp³-hybridized carbons (Fsp3) is 0.0435. The van der Waals surface area contributed by atoms with E-state index in [0.29, 0.717) is 22.8 Å². The molecule has 3 N–H and O–H groups in total. The first-order valence-electron chi connectivity index (χ1n) is 9.79. The van der Waals surface area contributed by atoms with Crippen molar-refractivity contribution in [3.63, 3.8) is 0 Å². The van der Waals surface area contributed by atoms with Gasteiger partial charge in [-0.2, -0.15) is 5.10 Å². The summed E-state index contributed by atoms with van der Waals surface area (Å²) in [6.45, 7) is 0. The minimum Gasteiger partial charge on any atom is -0.496 e. The lowest BCUT2D eigenvalue weighted by Crippen LogP contribution is -2.12. The van der Waals surface area contributed by atoms with Gasteiger partial charge in [0, 0.05) is 22.9 Å². The molecule has 0 atom stereocenters. The molecule has 0 bridgehead atoms. The van der Waals surface area contributed by atoms with Gasteiger partial charge >= 0.3 is 0 Å². The highest BCUT2D eigenvalue weighted by molar-refractivity contribution is 7.92. The van der Waals surface area contributed by atoms with Gasteiger partial charge in [0.25, 0.3) is 10.0 Å². The van der Waals surface area contributed by atoms with Crippen molar-refractivity contribution < 1.29 is 13.2 Å². The second kappa shape index (κ2) is 7.86. The van der Waals surface area contributed by atoms with Gasteiger partial charge in [0.05, 0.1) is 34.9 Å². The molecule has 0 aliphatic carbocycles. The van der Waals surface area contributed by atoms with Crippen molar-refractivity contribution in [2.45, 2.75) is 4.90 Å². The van der Waals surface area contributed by atoms with Crippen LogP contribution in [0.4, 0.5) is 5.69 Å². The summed E-state index contributed by atoms with van der Waals surface area (Å²) in [5.41, 5.74) is 4.57. The van der Waals surface area contributed by atoms with Crippen LogP contribution in [-0.4, -0.2) is 35.7 Å². The van der Waals surface area contributed by atoms with Crippen molar-refractivity contribution in [1.29, 1.82) is 0 Å². The molecule has 32 heavy (non-hydrogen) atoms. The zero-order chi connectivity index (χ0) is 22.1. The van der Waals surface area contributed by atoms with Crippen LogP contribution >= 0.6 is 0 Å². The van der Waals surface area contributed by atoms with Crippen molar-refractivity contribution in [2.75, 3.05) is 11.8 Å². The number of hydrogen-bond acceptors (Lipinski definition) is 5. The molecule has 0 aliphatic rings. The summed E-state index contributed by atoms with van der Waals surface area (Å²) in [5, 5.41) is 6.79. The Kier molecular flexibility index (Phi) is 4.87. The van der Waals surface area contributed by atoms with E-state index in [9.17, 15) is 8.42 Å². The maximum absolute atomic E-state index is 12.6. The number of aromatic amines is 2. The van der Waals surface area contributed by atoms with Crippen molar-refractivity contribution in [3.8, 4) is 28.3 Å². The first-order valence-corrected chi connectivity index (χ1v) is 11.3. The molecular weight excluding hydrogens is 426 g/mol. The predicted octanol–water partition coefficient (Wildman–Crippen LogP) is 4.43. The van der Waals surface area contributed by atoms with Crippen LogP contribution in [0.5, 0.6) is 5.75 Å². The maximum atomic E-state index is 12.6. The maximum Gasteiger partial charge on any atom is 0.261 e. The molecule has 160 valence electrons. The van der Waals surface area contributed by atoms with E-state index in [0.717, 1.165) is 22.2 Å². The molecule has 0 spiro atoms. The average Bonchev–Trinajstić information content (AvgIpc) is 3.49. The van der Waals surface area contributed by atoms with Gasteiger partial charge in [0.2, 0.25) is 0 Å². The van der Waals surface area contributed by atoms with E-state index in [1.165, 1.54) is 0 Å². The minimum atomic E-state index is -3.67. The molecular formula is C23H19N5O3S. The number of rotatable bonds is 6. The summed E-state index contributed by atoms with van der Waals surface area (Å²) < 4.78 is 33.4. The summed E-state index contributed by atoms with van der Waals surface area (Å²) in [6.07, 6.45) is 3.54. The Balaban J connectivity index is 1.47. The molecule has 0 amide bonds. The number of H-pyrrole nitrogens is 2. The van der Waals surface area contributed by atoms with Crippen molar-refractivity contribution in [2.24, 2.45) is 0 Å². The summed E-state index contributed by atoms with van der Waals surface area (Å²) in [4.78, 5) is 8.11. The molecule has 5 aromatic rings. The van der Waals surface area contributed by atoms with Crippen molar-refractivity contribution >= 4 is 26.7 Å². The van der Waals surface area contributed by atoms with Crippen LogP contribution < -0.4 is 9.46 Å². The molecule has 2 aromatic heterocycles. The van der Waals surface area contributed by atoms with Gasteiger partial charge in [-0.3, -0.25) is 9.82 Å². The SMILES string of the molecule is COc1cc(-c2nc3ccc(NS(=O)(=O)c4ccccc4)cc3[nH]2)ccc1-c1cn[nH]c1. The van der Waals surface area contributed by atoms with Crippen LogP contribution in [0.1, 0.15) is 0 Å². The number of hydrogen-bond donors (Lipinski definition) is 3. The number of nitrogens with zero attached hydrogens (tertiary/aromatic N) is 2. The van der Waals surface area contributed by atoms with Crippen molar-refractivity contribution in [3.05, 3.63) is 79.1 Å². The zero-order valence-electron chi connectivity index (χ0n) is 17.0. The molecule has 8 nitrogen and oxygen atoms in total. The molecule has 2 heterocycles. The lowest BCUT2D eigenvalue weighted by Gasteiger charge is -2.08. The third-order valence-corrected chi connectivity index (χ3v) is 6.47. The van der Waals surface area contributed by atoms with Crippen LogP contribution in [0.3, 0.4) is 0 Å². The fourth-order valence-electron chi connectivity index (χ4n) is 3.50. The molecule has 0 saturated carbocycles. The number of imidazole rings is 1. The molecule has 0 unspecified atom stereocenters. The molecule has 0 saturated heterocycles. The van der Waals surface area contributed by atoms with E-state index in [2.05, 4.69) is 24.9 Å². The Bertz CT molecular complexity index is 1490. The Morgan fingerprint density at radius 2 is 1.81 bits per heavy atom. The number of nitrogens with one attached hydrogen (secondary N) is 3. The lowest BCUT2D eigenvalue weighted by atomic mass is 10.1. The first-order chi connectivity index (χ1) is 15.5. The molecule has 5 rings (SSSR count). The van der Waals surface area contributed by atoms with E-state index in [4.69, 9.17) is 4.74 Å². The highest BCUT2D eigenvalue weighted by Gasteiger charge is 2.15. The van der Waals surface area contributed by atoms with E-state index in [1.807, 2.05) is 18.2 Å². The molecule has 3 aromatic carbocycles. The van der Waals surface area contributed by atoms with Crippen LogP contribution in [-0.2, 0) is 10.0 Å². The topological polar surface area (TPSA) is 113 Å². The smallest absolute Gasteiger partial charge is 0.261 e. The first kappa shape index (κ1) is 19.8. The van der Waals surface area contributed by atoms with Crippen molar-refractivity contribution in [1.82, 2.24) is 20.2 Å². The second-order valence-corrected chi connectivity index (χ2v) is 8.82. The molecule has 9 heteroatoms. The van der Waals surface area contributed by atoms with Gasteiger partial charge in [-0.25, -0.2) is 13.4 Å². The standard InChI is InChI=1S/C23H19N5O3S/c1-31-22-11-15(7-9-19(22)16-13-24-25-14-16)23-26-20-10-8-17(12-21(20)27-23)28-32(29,30)18-5-3-2-4-6-18/h2-14,28H,1H3,(H,24,25)(H,26,27). The van der Waals surface area contributed by atoms with Crippen LogP contribution in [0.2, 0.25) is 0 Å². The van der Waals surface area contributed by atoms with Gasteiger partial charge in [0.1, 0.15) is 11.6 Å². The van der Waals surface area contributed by atoms with E-state index >= 15 is 0 Å². The van der Waals surface area contributed by atoms with Gasteiger partial charge in [0.15, 0.2) is 0 Å². The fourth-order valence-corrected chi connectivity index (χ4v) is 4.57. The molecule has 0 fully saturated rings. The lowest BCUT2D eigenvalue weighted by molar-refractivity contribution is 0.416. The minimum absolute atomic E-state index is 0.204. The van der Waals surface area contributed by atoms with E-state index < -0.39 is 10.0 Å². The Hall–Kier alpha value is -4.11. The third kappa shape index (κ3) is 3.69. The Labute approximate surface area is 184 Å². The largest absolute Gasteiger partial charge is 0.496 e. The summed E-state index contributed by atoms with van der Waals surface area (Å²) in [7, 11) is -2.05. The molecule has 0 radical (unpaired) electrons. The normalized spacial score (nSPS) is 11.5. The predicted molar refractivity (Wildman–Crippen MR) is 123 cm³/mol. The van der Waals surface area contributed by atoms with E-state index in [1.54, 1.807) is 68.0 Å². The average molecular weight is 446 g/mol. The highest BCUT2D eigenvalue weighted by atomic mass is 32.2. The summed E-state index contributed by atoms with van der Waals surface area (Å²) >= 11 is 0. The Morgan fingerprint density at radius 3 is 2.56 bits per heavy atom.